The molecule has 0 saturated carbocycles. The van der Waals surface area contributed by atoms with Crippen LogP contribution in [0.1, 0.15) is 342 Å². The number of ether oxygens (including phenoxy) is 3. The molecule has 6 nitrogen and oxygen atoms in total. The van der Waals surface area contributed by atoms with E-state index in [1.807, 2.05) is 0 Å². The summed E-state index contributed by atoms with van der Waals surface area (Å²) in [6.45, 7) is 6.56. The Morgan fingerprint density at radius 2 is 0.494 bits per heavy atom. The highest BCUT2D eigenvalue weighted by Gasteiger charge is 2.19. The van der Waals surface area contributed by atoms with Crippen LogP contribution < -0.4 is 0 Å². The summed E-state index contributed by atoms with van der Waals surface area (Å²) in [4.78, 5) is 38.4. The summed E-state index contributed by atoms with van der Waals surface area (Å²) >= 11 is 0. The molecule has 0 aromatic carbocycles. The molecule has 6 heteroatoms. The molecule has 0 spiro atoms. The van der Waals surface area contributed by atoms with Crippen LogP contribution >= 0.6 is 0 Å². The molecular weight excluding hydrogens is 973 g/mol. The summed E-state index contributed by atoms with van der Waals surface area (Å²) in [6.07, 6.45) is 88.8. The summed E-state index contributed by atoms with van der Waals surface area (Å²) < 4.78 is 17.0. The Balaban J connectivity index is 4.35. The average Bonchev–Trinajstić information content (AvgIpc) is 3.45. The molecule has 1 unspecified atom stereocenters. The molecule has 0 aliphatic rings. The van der Waals surface area contributed by atoms with Crippen molar-refractivity contribution in [1.29, 1.82) is 0 Å². The summed E-state index contributed by atoms with van der Waals surface area (Å²) in [7, 11) is 0. The normalized spacial score (nSPS) is 12.6. The summed E-state index contributed by atoms with van der Waals surface area (Å²) in [5.74, 6) is -0.878. The van der Waals surface area contributed by atoms with Crippen molar-refractivity contribution in [2.24, 2.45) is 0 Å². The van der Waals surface area contributed by atoms with Crippen molar-refractivity contribution in [1.82, 2.24) is 0 Å². The summed E-state index contributed by atoms with van der Waals surface area (Å²) in [6, 6.07) is 0. The molecule has 0 N–H and O–H groups in total. The highest BCUT2D eigenvalue weighted by Crippen LogP contribution is 2.18. The number of hydrogen-bond donors (Lipinski definition) is 0. The number of carbonyl (C=O) groups excluding carboxylic acids is 3. The van der Waals surface area contributed by atoms with Gasteiger partial charge in [0.1, 0.15) is 13.2 Å². The Bertz CT molecular complexity index is 1500. The summed E-state index contributed by atoms with van der Waals surface area (Å²) in [5.41, 5.74) is 0. The first-order valence-electron chi connectivity index (χ1n) is 34.1. The molecule has 0 aromatic heterocycles. The zero-order valence-corrected chi connectivity index (χ0v) is 52.4. The molecule has 0 amide bonds. The van der Waals surface area contributed by atoms with Gasteiger partial charge < -0.3 is 14.2 Å². The van der Waals surface area contributed by atoms with Crippen molar-refractivity contribution in [3.63, 3.8) is 0 Å². The first kappa shape index (κ1) is 75.6. The number of hydrogen-bond acceptors (Lipinski definition) is 6. The van der Waals surface area contributed by atoms with E-state index >= 15 is 0 Å². The molecule has 0 aliphatic carbocycles. The molecule has 0 heterocycles. The van der Waals surface area contributed by atoms with Crippen LogP contribution in [0.2, 0.25) is 0 Å². The van der Waals surface area contributed by atoms with Gasteiger partial charge in [0.15, 0.2) is 6.10 Å². The maximum atomic E-state index is 12.9. The van der Waals surface area contributed by atoms with Gasteiger partial charge in [-0.05, 0) is 77.0 Å². The Hall–Kier alpha value is -3.41. The minimum absolute atomic E-state index is 0.0778. The van der Waals surface area contributed by atoms with E-state index in [9.17, 15) is 14.4 Å². The van der Waals surface area contributed by atoms with Crippen molar-refractivity contribution in [3.05, 3.63) is 85.1 Å². The van der Waals surface area contributed by atoms with Gasteiger partial charge in [0.25, 0.3) is 0 Å². The lowest BCUT2D eigenvalue weighted by molar-refractivity contribution is -0.167. The van der Waals surface area contributed by atoms with E-state index in [0.29, 0.717) is 19.3 Å². The predicted molar refractivity (Wildman–Crippen MR) is 344 cm³/mol. The average molecular weight is 1100 g/mol. The van der Waals surface area contributed by atoms with Crippen molar-refractivity contribution < 1.29 is 28.6 Å². The van der Waals surface area contributed by atoms with Crippen LogP contribution in [0, 0.1) is 0 Å². The Morgan fingerprint density at radius 3 is 0.772 bits per heavy atom. The lowest BCUT2D eigenvalue weighted by Gasteiger charge is -2.18. The van der Waals surface area contributed by atoms with E-state index in [4.69, 9.17) is 14.2 Å². The number of carbonyl (C=O) groups is 3. The topological polar surface area (TPSA) is 78.9 Å². The zero-order valence-electron chi connectivity index (χ0n) is 52.4. The minimum atomic E-state index is -0.783. The number of rotatable bonds is 62. The van der Waals surface area contributed by atoms with Gasteiger partial charge >= 0.3 is 17.9 Å². The van der Waals surface area contributed by atoms with Crippen LogP contribution in [0.15, 0.2) is 85.1 Å². The van der Waals surface area contributed by atoms with E-state index in [-0.39, 0.29) is 31.1 Å². The maximum absolute atomic E-state index is 12.9. The minimum Gasteiger partial charge on any atom is -0.462 e. The molecule has 1 atom stereocenters. The third-order valence-electron chi connectivity index (χ3n) is 14.9. The second-order valence-corrected chi connectivity index (χ2v) is 22.7. The van der Waals surface area contributed by atoms with Crippen LogP contribution in [0.4, 0.5) is 0 Å². The highest BCUT2D eigenvalue weighted by atomic mass is 16.6. The van der Waals surface area contributed by atoms with Crippen LogP contribution in [-0.2, 0) is 28.6 Å². The van der Waals surface area contributed by atoms with Gasteiger partial charge in [-0.25, -0.2) is 0 Å². The van der Waals surface area contributed by atoms with Gasteiger partial charge in [-0.15, -0.1) is 0 Å². The fourth-order valence-corrected chi connectivity index (χ4v) is 9.84. The van der Waals surface area contributed by atoms with Crippen molar-refractivity contribution in [2.45, 2.75) is 348 Å². The van der Waals surface area contributed by atoms with Crippen LogP contribution in [0.3, 0.4) is 0 Å². The third kappa shape index (κ3) is 65.3. The molecule has 0 saturated heterocycles. The summed E-state index contributed by atoms with van der Waals surface area (Å²) in [5, 5.41) is 0. The SMILES string of the molecule is CC/C=C\C/C=C\C/C=C\C/C=C\C/C=C\C/C=C\C/C=C\CCCCCCCC(=O)OCC(COC(=O)CCCCCCCCCCCCCCCC)OC(=O)CCCCCCCCCCCCCCCCCCCCCC. The van der Waals surface area contributed by atoms with E-state index in [1.165, 1.54) is 180 Å². The fourth-order valence-electron chi connectivity index (χ4n) is 9.84. The molecular formula is C73H128O6. The molecule has 0 bridgehead atoms. The van der Waals surface area contributed by atoms with Crippen LogP contribution in [0.25, 0.3) is 0 Å². The van der Waals surface area contributed by atoms with E-state index in [0.717, 1.165) is 122 Å². The molecule has 456 valence electrons. The van der Waals surface area contributed by atoms with E-state index in [2.05, 4.69) is 106 Å². The van der Waals surface area contributed by atoms with Crippen molar-refractivity contribution in [3.8, 4) is 0 Å². The largest absolute Gasteiger partial charge is 0.462 e. The highest BCUT2D eigenvalue weighted by molar-refractivity contribution is 5.71. The molecule has 0 aromatic rings. The monoisotopic (exact) mass is 1100 g/mol. The third-order valence-corrected chi connectivity index (χ3v) is 14.9. The Morgan fingerprint density at radius 1 is 0.266 bits per heavy atom. The zero-order chi connectivity index (χ0) is 57.1. The number of esters is 3. The van der Waals surface area contributed by atoms with Gasteiger partial charge in [-0.3, -0.25) is 14.4 Å². The Labute approximate surface area is 490 Å². The second kappa shape index (κ2) is 67.1. The maximum Gasteiger partial charge on any atom is 0.306 e. The fraction of sp³-hybridized carbons (Fsp3) is 0.767. The standard InChI is InChI=1S/C73H128O6/c1-4-7-10-13-16-19-22-25-28-30-32-34-35-36-37-38-39-40-42-43-45-48-51-54-57-60-63-66-72(75)78-69-70(68-77-71(74)65-62-59-56-53-50-47-27-24-21-18-15-12-9-6-3)79-73(76)67-64-61-58-55-52-49-46-44-41-33-31-29-26-23-20-17-14-11-8-5-2/h7,10,16,19,25,28,32,34,36-37,39-40,43,45,70H,4-6,8-9,11-15,17-18,20-24,26-27,29-31,33,35,38,41-42,44,46-69H2,1-3H3/b10-7-,19-16-,28-25-,34-32-,37-36-,40-39-,45-43-. The van der Waals surface area contributed by atoms with Crippen LogP contribution in [-0.4, -0.2) is 37.2 Å². The molecule has 0 aliphatic heterocycles. The van der Waals surface area contributed by atoms with Gasteiger partial charge in [-0.2, -0.15) is 0 Å². The van der Waals surface area contributed by atoms with E-state index < -0.39 is 6.10 Å². The smallest absolute Gasteiger partial charge is 0.306 e. The first-order valence-corrected chi connectivity index (χ1v) is 34.1. The van der Waals surface area contributed by atoms with Gasteiger partial charge in [0.2, 0.25) is 0 Å². The molecule has 0 radical (unpaired) electrons. The Kier molecular flexibility index (Phi) is 64.2. The molecule has 79 heavy (non-hydrogen) atoms. The molecule has 0 rings (SSSR count). The number of unbranched alkanes of at least 4 members (excludes halogenated alkanes) is 37. The van der Waals surface area contributed by atoms with E-state index in [1.54, 1.807) is 0 Å². The van der Waals surface area contributed by atoms with Gasteiger partial charge in [0, 0.05) is 19.3 Å². The predicted octanol–water partition coefficient (Wildman–Crippen LogP) is 23.4. The van der Waals surface area contributed by atoms with Gasteiger partial charge in [-0.1, -0.05) is 331 Å². The van der Waals surface area contributed by atoms with Crippen molar-refractivity contribution in [2.75, 3.05) is 13.2 Å². The molecule has 0 fully saturated rings. The lowest BCUT2D eigenvalue weighted by Crippen LogP contribution is -2.30. The van der Waals surface area contributed by atoms with Gasteiger partial charge in [0.05, 0.1) is 0 Å². The lowest BCUT2D eigenvalue weighted by atomic mass is 10.0. The second-order valence-electron chi connectivity index (χ2n) is 22.7. The van der Waals surface area contributed by atoms with Crippen molar-refractivity contribution >= 4 is 17.9 Å². The quantitative estimate of drug-likeness (QED) is 0.0261. The number of allylic oxidation sites excluding steroid dienone is 14. The first-order chi connectivity index (χ1) is 39.0. The van der Waals surface area contributed by atoms with Crippen LogP contribution in [0.5, 0.6) is 0 Å².